The molecule has 0 saturated heterocycles. The summed E-state index contributed by atoms with van der Waals surface area (Å²) in [5.74, 6) is 2.71. The molecule has 0 aromatic heterocycles. The van der Waals surface area contributed by atoms with Crippen LogP contribution in [-0.4, -0.2) is 17.8 Å². The lowest BCUT2D eigenvalue weighted by Crippen LogP contribution is -2.25. The predicted molar refractivity (Wildman–Crippen MR) is 58.2 cm³/mol. The molecule has 1 aliphatic heterocycles. The first kappa shape index (κ1) is 9.71. The van der Waals surface area contributed by atoms with Crippen LogP contribution in [0, 0.1) is 17.8 Å². The molecular weight excluding hydrogens is 188 g/mol. The zero-order valence-electron chi connectivity index (χ0n) is 9.41. The van der Waals surface area contributed by atoms with Crippen molar-refractivity contribution in [2.24, 2.45) is 17.8 Å². The quantitative estimate of drug-likeness (QED) is 0.662. The van der Waals surface area contributed by atoms with Gasteiger partial charge in [-0.15, -0.1) is 0 Å². The molecule has 0 amide bonds. The van der Waals surface area contributed by atoms with Crippen molar-refractivity contribution >= 4 is 0 Å². The molecule has 2 nitrogen and oxygen atoms in total. The second-order valence-electron chi connectivity index (χ2n) is 5.36. The van der Waals surface area contributed by atoms with Gasteiger partial charge in [0.2, 0.25) is 0 Å². The van der Waals surface area contributed by atoms with Crippen LogP contribution < -0.4 is 0 Å². The lowest BCUT2D eigenvalue weighted by molar-refractivity contribution is 0.0549. The van der Waals surface area contributed by atoms with Crippen molar-refractivity contribution in [3.8, 4) is 0 Å². The Morgan fingerprint density at radius 1 is 1.20 bits per heavy atom. The van der Waals surface area contributed by atoms with Crippen molar-refractivity contribution in [1.82, 2.24) is 0 Å². The lowest BCUT2D eigenvalue weighted by Gasteiger charge is -2.30. The summed E-state index contributed by atoms with van der Waals surface area (Å²) < 4.78 is 5.71. The minimum absolute atomic E-state index is 0.284. The molecule has 3 aliphatic rings. The Morgan fingerprint density at radius 2 is 2.00 bits per heavy atom. The first-order valence-corrected chi connectivity index (χ1v) is 6.34. The number of ether oxygens (including phenoxy) is 1. The summed E-state index contributed by atoms with van der Waals surface area (Å²) in [5.41, 5.74) is 1.47. The lowest BCUT2D eigenvalue weighted by atomic mass is 9.75. The Balaban J connectivity index is 1.96. The molecule has 1 saturated carbocycles. The van der Waals surface area contributed by atoms with E-state index in [2.05, 4.69) is 6.92 Å². The molecule has 2 aliphatic carbocycles. The minimum Gasteiger partial charge on any atom is -0.495 e. The number of aliphatic hydroxyl groups excluding tert-OH is 1. The molecule has 84 valence electrons. The molecular formula is C13H20O2. The van der Waals surface area contributed by atoms with Crippen LogP contribution in [0.25, 0.3) is 0 Å². The smallest absolute Gasteiger partial charge is 0.124 e. The van der Waals surface area contributed by atoms with Gasteiger partial charge in [0.15, 0.2) is 0 Å². The third-order valence-electron chi connectivity index (χ3n) is 4.52. The van der Waals surface area contributed by atoms with Gasteiger partial charge in [0.1, 0.15) is 11.9 Å². The van der Waals surface area contributed by atoms with E-state index in [-0.39, 0.29) is 6.10 Å². The Labute approximate surface area is 91.3 Å². The van der Waals surface area contributed by atoms with E-state index in [0.717, 1.165) is 18.8 Å². The van der Waals surface area contributed by atoms with Gasteiger partial charge in [0.25, 0.3) is 0 Å². The zero-order valence-corrected chi connectivity index (χ0v) is 9.41. The summed E-state index contributed by atoms with van der Waals surface area (Å²) in [4.78, 5) is 0. The Morgan fingerprint density at radius 3 is 2.87 bits per heavy atom. The van der Waals surface area contributed by atoms with Crippen LogP contribution in [0.1, 0.15) is 39.0 Å². The van der Waals surface area contributed by atoms with Crippen molar-refractivity contribution in [1.29, 1.82) is 0 Å². The highest BCUT2D eigenvalue weighted by molar-refractivity contribution is 5.29. The van der Waals surface area contributed by atoms with Gasteiger partial charge in [-0.1, -0.05) is 19.8 Å². The summed E-state index contributed by atoms with van der Waals surface area (Å²) in [6, 6.07) is 0. The van der Waals surface area contributed by atoms with E-state index in [1.165, 1.54) is 31.3 Å². The SMILES string of the molecule is CC1CCOC2=C1C1CCCCC1C2O. The molecule has 0 bridgehead atoms. The van der Waals surface area contributed by atoms with Gasteiger partial charge in [-0.2, -0.15) is 0 Å². The number of hydrogen-bond donors (Lipinski definition) is 1. The molecule has 0 aromatic rings. The maximum absolute atomic E-state index is 10.3. The van der Waals surface area contributed by atoms with Crippen molar-refractivity contribution < 1.29 is 9.84 Å². The molecule has 1 N–H and O–H groups in total. The molecule has 3 rings (SSSR count). The molecule has 1 fully saturated rings. The van der Waals surface area contributed by atoms with Crippen LogP contribution in [0.3, 0.4) is 0 Å². The molecule has 1 heterocycles. The number of rotatable bonds is 0. The van der Waals surface area contributed by atoms with Crippen molar-refractivity contribution in [2.75, 3.05) is 6.61 Å². The Kier molecular flexibility index (Phi) is 2.27. The number of fused-ring (bicyclic) bond motifs is 2. The summed E-state index contributed by atoms with van der Waals surface area (Å²) in [6.07, 6.45) is 5.93. The third kappa shape index (κ3) is 1.34. The highest BCUT2D eigenvalue weighted by atomic mass is 16.5. The minimum atomic E-state index is -0.284. The normalized spacial score (nSPS) is 44.7. The molecule has 4 unspecified atom stereocenters. The monoisotopic (exact) mass is 208 g/mol. The maximum atomic E-state index is 10.3. The highest BCUT2D eigenvalue weighted by Gasteiger charge is 2.46. The van der Waals surface area contributed by atoms with Gasteiger partial charge in [0, 0.05) is 0 Å². The van der Waals surface area contributed by atoms with Crippen molar-refractivity contribution in [3.63, 3.8) is 0 Å². The number of allylic oxidation sites excluding steroid dienone is 1. The fourth-order valence-corrected chi connectivity index (χ4v) is 3.75. The van der Waals surface area contributed by atoms with E-state index in [9.17, 15) is 5.11 Å². The maximum Gasteiger partial charge on any atom is 0.124 e. The Bertz CT molecular complexity index is 295. The van der Waals surface area contributed by atoms with Crippen LogP contribution in [0.15, 0.2) is 11.3 Å². The first-order chi connectivity index (χ1) is 7.29. The van der Waals surface area contributed by atoms with E-state index >= 15 is 0 Å². The van der Waals surface area contributed by atoms with Gasteiger partial charge in [-0.3, -0.25) is 0 Å². The zero-order chi connectivity index (χ0) is 10.4. The standard InChI is InChI=1S/C13H20O2/c1-8-6-7-15-13-11(8)9-4-2-3-5-10(9)12(13)14/h8-10,12,14H,2-7H2,1H3. The van der Waals surface area contributed by atoms with Gasteiger partial charge in [-0.05, 0) is 42.6 Å². The number of hydrogen-bond acceptors (Lipinski definition) is 2. The van der Waals surface area contributed by atoms with E-state index in [4.69, 9.17) is 4.74 Å². The van der Waals surface area contributed by atoms with E-state index in [1.54, 1.807) is 0 Å². The van der Waals surface area contributed by atoms with Crippen molar-refractivity contribution in [2.45, 2.75) is 45.1 Å². The fraction of sp³-hybridized carbons (Fsp3) is 0.846. The van der Waals surface area contributed by atoms with E-state index in [0.29, 0.717) is 17.8 Å². The molecule has 0 radical (unpaired) electrons. The summed E-state index contributed by atoms with van der Waals surface area (Å²) in [6.45, 7) is 3.10. The highest BCUT2D eigenvalue weighted by Crippen LogP contribution is 2.50. The van der Waals surface area contributed by atoms with Crippen LogP contribution >= 0.6 is 0 Å². The average Bonchev–Trinajstić information content (AvgIpc) is 2.55. The second kappa shape index (κ2) is 3.51. The average molecular weight is 208 g/mol. The number of aliphatic hydroxyl groups is 1. The van der Waals surface area contributed by atoms with Gasteiger partial charge in [-0.25, -0.2) is 0 Å². The Hall–Kier alpha value is -0.500. The van der Waals surface area contributed by atoms with Crippen molar-refractivity contribution in [3.05, 3.63) is 11.3 Å². The third-order valence-corrected chi connectivity index (χ3v) is 4.52. The second-order valence-corrected chi connectivity index (χ2v) is 5.36. The largest absolute Gasteiger partial charge is 0.495 e. The summed E-state index contributed by atoms with van der Waals surface area (Å²) in [5, 5.41) is 10.3. The molecule has 2 heteroatoms. The molecule has 4 atom stereocenters. The molecule has 0 spiro atoms. The summed E-state index contributed by atoms with van der Waals surface area (Å²) >= 11 is 0. The van der Waals surface area contributed by atoms with E-state index < -0.39 is 0 Å². The molecule has 15 heavy (non-hydrogen) atoms. The summed E-state index contributed by atoms with van der Waals surface area (Å²) in [7, 11) is 0. The van der Waals surface area contributed by atoms with E-state index in [1.807, 2.05) is 0 Å². The van der Waals surface area contributed by atoms with Gasteiger partial charge >= 0.3 is 0 Å². The van der Waals surface area contributed by atoms with Crippen LogP contribution in [-0.2, 0) is 4.74 Å². The fourth-order valence-electron chi connectivity index (χ4n) is 3.75. The topological polar surface area (TPSA) is 29.5 Å². The van der Waals surface area contributed by atoms with Gasteiger partial charge in [0.05, 0.1) is 6.61 Å². The van der Waals surface area contributed by atoms with Gasteiger partial charge < -0.3 is 9.84 Å². The van der Waals surface area contributed by atoms with Crippen LogP contribution in [0.4, 0.5) is 0 Å². The van der Waals surface area contributed by atoms with Crippen LogP contribution in [0.5, 0.6) is 0 Å². The first-order valence-electron chi connectivity index (χ1n) is 6.34. The van der Waals surface area contributed by atoms with Crippen LogP contribution in [0.2, 0.25) is 0 Å². The molecule has 0 aromatic carbocycles. The predicted octanol–water partition coefficient (Wildman–Crippen LogP) is 2.48.